The van der Waals surface area contributed by atoms with E-state index in [4.69, 9.17) is 17.3 Å². The van der Waals surface area contributed by atoms with E-state index < -0.39 is 0 Å². The lowest BCUT2D eigenvalue weighted by Gasteiger charge is -2.13. The molecule has 1 heterocycles. The van der Waals surface area contributed by atoms with Crippen molar-refractivity contribution in [1.29, 1.82) is 0 Å². The van der Waals surface area contributed by atoms with Gasteiger partial charge in [-0.1, -0.05) is 23.7 Å². The summed E-state index contributed by atoms with van der Waals surface area (Å²) in [5, 5.41) is 4.93. The Hall–Kier alpha value is -0.840. The highest BCUT2D eigenvalue weighted by Crippen LogP contribution is 2.30. The largest absolute Gasteiger partial charge is 0.324 e. The van der Waals surface area contributed by atoms with Gasteiger partial charge in [0.05, 0.1) is 11.2 Å². The zero-order valence-corrected chi connectivity index (χ0v) is 12.4. The number of hydrogen-bond donors (Lipinski definition) is 1. The number of rotatable bonds is 4. The van der Waals surface area contributed by atoms with Gasteiger partial charge in [0.1, 0.15) is 0 Å². The summed E-state index contributed by atoms with van der Waals surface area (Å²) in [5.41, 5.74) is 8.28. The molecule has 96 valence electrons. The Balaban J connectivity index is 2.16. The maximum absolute atomic E-state index is 6.24. The van der Waals surface area contributed by atoms with Crippen LogP contribution in [0, 0.1) is 0 Å². The molecule has 2 N–H and O–H groups in total. The van der Waals surface area contributed by atoms with Gasteiger partial charge in [0.2, 0.25) is 0 Å². The zero-order valence-electron chi connectivity index (χ0n) is 10.1. The van der Waals surface area contributed by atoms with Crippen molar-refractivity contribution in [2.75, 3.05) is 0 Å². The van der Waals surface area contributed by atoms with Crippen molar-refractivity contribution >= 4 is 27.5 Å². The van der Waals surface area contributed by atoms with Crippen molar-refractivity contribution < 1.29 is 0 Å². The highest BCUT2D eigenvalue weighted by molar-refractivity contribution is 9.10. The summed E-state index contributed by atoms with van der Waals surface area (Å²) in [6.45, 7) is 2.93. The fourth-order valence-electron chi connectivity index (χ4n) is 1.86. The first-order valence-electron chi connectivity index (χ1n) is 5.82. The van der Waals surface area contributed by atoms with Crippen molar-refractivity contribution in [2.45, 2.75) is 25.9 Å². The molecule has 0 radical (unpaired) electrons. The molecule has 18 heavy (non-hydrogen) atoms. The van der Waals surface area contributed by atoms with Crippen LogP contribution in [0.2, 0.25) is 5.02 Å². The van der Waals surface area contributed by atoms with Crippen molar-refractivity contribution in [1.82, 2.24) is 9.78 Å². The predicted octanol–water partition coefficient (Wildman–Crippen LogP) is 3.56. The van der Waals surface area contributed by atoms with E-state index in [0.717, 1.165) is 28.6 Å². The standard InChI is InChI=1S/C13H15BrClN3/c1-2-18-8-9(7-17-18)6-12(16)10-4-3-5-11(14)13(10)15/h3-5,7-8,12H,2,6,16H2,1H3. The Labute approximate surface area is 120 Å². The molecule has 0 bridgehead atoms. The van der Waals surface area contributed by atoms with Crippen molar-refractivity contribution in [2.24, 2.45) is 5.73 Å². The van der Waals surface area contributed by atoms with Crippen molar-refractivity contribution in [3.63, 3.8) is 0 Å². The number of hydrogen-bond acceptors (Lipinski definition) is 2. The third-order valence-corrected chi connectivity index (χ3v) is 4.16. The molecule has 0 spiro atoms. The van der Waals surface area contributed by atoms with Crippen LogP contribution >= 0.6 is 27.5 Å². The van der Waals surface area contributed by atoms with Crippen LogP contribution in [0.4, 0.5) is 0 Å². The van der Waals surface area contributed by atoms with Gasteiger partial charge in [0.15, 0.2) is 0 Å². The summed E-state index contributed by atoms with van der Waals surface area (Å²) in [4.78, 5) is 0. The molecule has 0 aliphatic heterocycles. The average Bonchev–Trinajstić information content (AvgIpc) is 2.80. The Morgan fingerprint density at radius 1 is 1.50 bits per heavy atom. The van der Waals surface area contributed by atoms with Gasteiger partial charge in [0, 0.05) is 23.3 Å². The lowest BCUT2D eigenvalue weighted by atomic mass is 10.0. The number of halogens is 2. The highest BCUT2D eigenvalue weighted by atomic mass is 79.9. The van der Waals surface area contributed by atoms with Gasteiger partial charge in [-0.25, -0.2) is 0 Å². The highest BCUT2D eigenvalue weighted by Gasteiger charge is 2.13. The number of nitrogens with zero attached hydrogens (tertiary/aromatic N) is 2. The van der Waals surface area contributed by atoms with Crippen LogP contribution in [-0.4, -0.2) is 9.78 Å². The summed E-state index contributed by atoms with van der Waals surface area (Å²) in [5.74, 6) is 0. The SMILES string of the molecule is CCn1cc(CC(N)c2cccc(Br)c2Cl)cn1. The normalized spacial score (nSPS) is 12.7. The van der Waals surface area contributed by atoms with E-state index in [-0.39, 0.29) is 6.04 Å². The van der Waals surface area contributed by atoms with Crippen LogP contribution in [0.25, 0.3) is 0 Å². The second-order valence-electron chi connectivity index (χ2n) is 4.16. The topological polar surface area (TPSA) is 43.8 Å². The summed E-state index contributed by atoms with van der Waals surface area (Å²) < 4.78 is 2.77. The minimum atomic E-state index is -0.121. The Bertz CT molecular complexity index is 539. The van der Waals surface area contributed by atoms with Crippen LogP contribution in [0.5, 0.6) is 0 Å². The minimum absolute atomic E-state index is 0.121. The summed E-state index contributed by atoms with van der Waals surface area (Å²) in [6, 6.07) is 5.69. The fourth-order valence-corrected chi connectivity index (χ4v) is 2.50. The van der Waals surface area contributed by atoms with E-state index in [1.165, 1.54) is 0 Å². The molecule has 0 aliphatic rings. The van der Waals surface area contributed by atoms with Crippen LogP contribution in [-0.2, 0) is 13.0 Å². The maximum atomic E-state index is 6.24. The molecule has 0 saturated carbocycles. The summed E-state index contributed by atoms with van der Waals surface area (Å²) in [7, 11) is 0. The molecule has 2 rings (SSSR count). The van der Waals surface area contributed by atoms with E-state index in [0.29, 0.717) is 5.02 Å². The van der Waals surface area contributed by atoms with Crippen molar-refractivity contribution in [3.05, 3.63) is 51.2 Å². The molecule has 0 amide bonds. The molecule has 1 unspecified atom stereocenters. The number of benzene rings is 1. The molecule has 1 aromatic carbocycles. The molecule has 1 atom stereocenters. The van der Waals surface area contributed by atoms with Gasteiger partial charge in [0.25, 0.3) is 0 Å². The average molecular weight is 329 g/mol. The summed E-state index contributed by atoms with van der Waals surface area (Å²) >= 11 is 9.65. The van der Waals surface area contributed by atoms with Gasteiger partial charge < -0.3 is 5.73 Å². The van der Waals surface area contributed by atoms with Crippen LogP contribution in [0.1, 0.15) is 24.1 Å². The first-order chi connectivity index (χ1) is 8.61. The second-order valence-corrected chi connectivity index (χ2v) is 5.39. The summed E-state index contributed by atoms with van der Waals surface area (Å²) in [6.07, 6.45) is 4.61. The zero-order chi connectivity index (χ0) is 13.1. The molecular formula is C13H15BrClN3. The Kier molecular flexibility index (Phi) is 4.43. The third kappa shape index (κ3) is 2.94. The number of aryl methyl sites for hydroxylation is 1. The monoisotopic (exact) mass is 327 g/mol. The van der Waals surface area contributed by atoms with E-state index in [2.05, 4.69) is 28.0 Å². The Morgan fingerprint density at radius 2 is 2.28 bits per heavy atom. The van der Waals surface area contributed by atoms with Gasteiger partial charge in [-0.3, -0.25) is 4.68 Å². The predicted molar refractivity (Wildman–Crippen MR) is 77.7 cm³/mol. The van der Waals surface area contributed by atoms with Gasteiger partial charge in [-0.05, 0) is 46.5 Å². The lowest BCUT2D eigenvalue weighted by molar-refractivity contribution is 0.657. The lowest BCUT2D eigenvalue weighted by Crippen LogP contribution is -2.13. The van der Waals surface area contributed by atoms with Crippen molar-refractivity contribution in [3.8, 4) is 0 Å². The fraction of sp³-hybridized carbons (Fsp3) is 0.308. The smallest absolute Gasteiger partial charge is 0.0595 e. The molecular weight excluding hydrogens is 314 g/mol. The van der Waals surface area contributed by atoms with E-state index in [1.807, 2.05) is 35.3 Å². The van der Waals surface area contributed by atoms with Crippen LogP contribution in [0.15, 0.2) is 35.1 Å². The van der Waals surface area contributed by atoms with E-state index >= 15 is 0 Å². The van der Waals surface area contributed by atoms with E-state index in [9.17, 15) is 0 Å². The minimum Gasteiger partial charge on any atom is -0.324 e. The maximum Gasteiger partial charge on any atom is 0.0595 e. The molecule has 2 aromatic rings. The van der Waals surface area contributed by atoms with E-state index in [1.54, 1.807) is 0 Å². The molecule has 0 aliphatic carbocycles. The molecule has 0 saturated heterocycles. The second kappa shape index (κ2) is 5.87. The van der Waals surface area contributed by atoms with Crippen LogP contribution < -0.4 is 5.73 Å². The molecule has 5 heteroatoms. The first-order valence-corrected chi connectivity index (χ1v) is 6.99. The first kappa shape index (κ1) is 13.6. The van der Waals surface area contributed by atoms with Gasteiger partial charge in [-0.15, -0.1) is 0 Å². The van der Waals surface area contributed by atoms with Crippen LogP contribution in [0.3, 0.4) is 0 Å². The third-order valence-electron chi connectivity index (χ3n) is 2.85. The number of aromatic nitrogens is 2. The Morgan fingerprint density at radius 3 is 2.94 bits per heavy atom. The molecule has 3 nitrogen and oxygen atoms in total. The van der Waals surface area contributed by atoms with Gasteiger partial charge >= 0.3 is 0 Å². The quantitative estimate of drug-likeness (QED) is 0.932. The van der Waals surface area contributed by atoms with Gasteiger partial charge in [-0.2, -0.15) is 5.10 Å². The molecule has 0 fully saturated rings. The molecule has 1 aromatic heterocycles. The number of nitrogens with two attached hydrogens (primary N) is 1.